The number of aromatic nitrogens is 4. The van der Waals surface area contributed by atoms with Gasteiger partial charge in [0, 0.05) is 18.1 Å². The fourth-order valence-electron chi connectivity index (χ4n) is 2.25. The van der Waals surface area contributed by atoms with Crippen LogP contribution in [-0.2, 0) is 11.3 Å². The van der Waals surface area contributed by atoms with Crippen molar-refractivity contribution in [2.45, 2.75) is 13.0 Å². The lowest BCUT2D eigenvalue weighted by Crippen LogP contribution is -2.13. The minimum absolute atomic E-state index is 0.346. The average molecular weight is 314 g/mol. The number of benzene rings is 1. The van der Waals surface area contributed by atoms with Crippen molar-refractivity contribution in [2.75, 3.05) is 18.9 Å². The molecule has 0 aliphatic carbocycles. The van der Waals surface area contributed by atoms with E-state index in [-0.39, 0.29) is 0 Å². The molecule has 2 heterocycles. The summed E-state index contributed by atoms with van der Waals surface area (Å²) < 4.78 is 7.11. The lowest BCUT2D eigenvalue weighted by atomic mass is 10.1. The van der Waals surface area contributed by atoms with E-state index in [2.05, 4.69) is 15.5 Å². The molecule has 106 valence electrons. The normalized spacial score (nSPS) is 18.6. The number of hydrogen-bond donors (Lipinski definition) is 1. The van der Waals surface area contributed by atoms with Crippen LogP contribution in [0.4, 0.5) is 5.69 Å². The van der Waals surface area contributed by atoms with Gasteiger partial charge in [-0.25, -0.2) is 4.68 Å². The van der Waals surface area contributed by atoms with E-state index in [9.17, 15) is 0 Å². The number of nitrogens with two attached hydrogens (primary N) is 1. The molecule has 2 N–H and O–H groups in total. The molecule has 1 aliphatic heterocycles. The van der Waals surface area contributed by atoms with Gasteiger partial charge in [-0.2, -0.15) is 0 Å². The molecule has 0 amide bonds. The van der Waals surface area contributed by atoms with Crippen molar-refractivity contribution >= 4 is 28.9 Å². The van der Waals surface area contributed by atoms with Crippen LogP contribution in [0.25, 0.3) is 11.4 Å². The largest absolute Gasteiger partial charge is 0.397 e. The molecular formula is C12H13Cl2N5O. The number of nitrogens with zero attached hydrogens (tertiary/aromatic N) is 4. The van der Waals surface area contributed by atoms with Crippen molar-refractivity contribution in [3.8, 4) is 11.4 Å². The highest BCUT2D eigenvalue weighted by molar-refractivity contribution is 6.43. The van der Waals surface area contributed by atoms with Gasteiger partial charge in [0.1, 0.15) is 0 Å². The molecule has 0 saturated carbocycles. The Morgan fingerprint density at radius 1 is 1.40 bits per heavy atom. The van der Waals surface area contributed by atoms with E-state index in [1.54, 1.807) is 16.8 Å². The van der Waals surface area contributed by atoms with E-state index >= 15 is 0 Å². The van der Waals surface area contributed by atoms with E-state index in [4.69, 9.17) is 33.7 Å². The third-order valence-electron chi connectivity index (χ3n) is 3.30. The molecule has 0 radical (unpaired) electrons. The zero-order valence-electron chi connectivity index (χ0n) is 10.6. The van der Waals surface area contributed by atoms with Crippen LogP contribution in [0.2, 0.25) is 10.0 Å². The molecule has 0 bridgehead atoms. The van der Waals surface area contributed by atoms with Gasteiger partial charge in [0.2, 0.25) is 0 Å². The van der Waals surface area contributed by atoms with Gasteiger partial charge in [0.25, 0.3) is 0 Å². The van der Waals surface area contributed by atoms with E-state index in [0.717, 1.165) is 25.2 Å². The first-order valence-electron chi connectivity index (χ1n) is 6.24. The van der Waals surface area contributed by atoms with Crippen molar-refractivity contribution in [1.29, 1.82) is 0 Å². The summed E-state index contributed by atoms with van der Waals surface area (Å²) in [5, 5.41) is 12.5. The van der Waals surface area contributed by atoms with Crippen LogP contribution >= 0.6 is 23.2 Å². The Labute approximate surface area is 125 Å². The van der Waals surface area contributed by atoms with E-state index in [1.807, 2.05) is 0 Å². The maximum atomic E-state index is 6.05. The van der Waals surface area contributed by atoms with Crippen LogP contribution in [0, 0.1) is 5.92 Å². The fourth-order valence-corrected chi connectivity index (χ4v) is 2.58. The molecule has 1 fully saturated rings. The number of halogens is 2. The number of hydrogen-bond acceptors (Lipinski definition) is 5. The Bertz CT molecular complexity index is 601. The maximum absolute atomic E-state index is 6.05. The first-order chi connectivity index (χ1) is 9.65. The number of ether oxygens (including phenoxy) is 1. The molecule has 20 heavy (non-hydrogen) atoms. The molecule has 0 spiro atoms. The quantitative estimate of drug-likeness (QED) is 0.879. The first kappa shape index (κ1) is 13.6. The van der Waals surface area contributed by atoms with Crippen molar-refractivity contribution in [2.24, 2.45) is 5.92 Å². The molecule has 6 nitrogen and oxygen atoms in total. The highest BCUT2D eigenvalue weighted by atomic mass is 35.5. The summed E-state index contributed by atoms with van der Waals surface area (Å²) >= 11 is 12.0. The van der Waals surface area contributed by atoms with E-state index in [0.29, 0.717) is 34.0 Å². The number of rotatable bonds is 3. The van der Waals surface area contributed by atoms with Gasteiger partial charge < -0.3 is 10.5 Å². The SMILES string of the molecule is Nc1cc(-c2nnnn2CC2CCOC2)cc(Cl)c1Cl. The van der Waals surface area contributed by atoms with Crippen LogP contribution in [-0.4, -0.2) is 33.4 Å². The smallest absolute Gasteiger partial charge is 0.182 e. The van der Waals surface area contributed by atoms with Gasteiger partial charge in [-0.05, 0) is 29.0 Å². The Kier molecular flexibility index (Phi) is 3.78. The predicted octanol–water partition coefficient (Wildman–Crippen LogP) is 2.27. The highest BCUT2D eigenvalue weighted by Gasteiger charge is 2.20. The number of nitrogen functional groups attached to an aromatic ring is 1. The second kappa shape index (κ2) is 5.55. The summed E-state index contributed by atoms with van der Waals surface area (Å²) in [5.41, 5.74) is 6.99. The summed E-state index contributed by atoms with van der Waals surface area (Å²) in [7, 11) is 0. The zero-order valence-corrected chi connectivity index (χ0v) is 12.1. The van der Waals surface area contributed by atoms with Gasteiger partial charge in [0.05, 0.1) is 28.9 Å². The lowest BCUT2D eigenvalue weighted by Gasteiger charge is -2.10. The monoisotopic (exact) mass is 313 g/mol. The second-order valence-corrected chi connectivity index (χ2v) is 5.56. The van der Waals surface area contributed by atoms with Gasteiger partial charge in [-0.1, -0.05) is 23.2 Å². The Morgan fingerprint density at radius 3 is 2.95 bits per heavy atom. The number of tetrazole rings is 1. The van der Waals surface area contributed by atoms with Crippen molar-refractivity contribution in [3.05, 3.63) is 22.2 Å². The summed E-state index contributed by atoms with van der Waals surface area (Å²) in [4.78, 5) is 0. The topological polar surface area (TPSA) is 78.9 Å². The summed E-state index contributed by atoms with van der Waals surface area (Å²) in [5.74, 6) is 1.06. The van der Waals surface area contributed by atoms with Crippen LogP contribution in [0.5, 0.6) is 0 Å². The second-order valence-electron chi connectivity index (χ2n) is 4.78. The van der Waals surface area contributed by atoms with Crippen LogP contribution in [0.15, 0.2) is 12.1 Å². The highest BCUT2D eigenvalue weighted by Crippen LogP contribution is 2.33. The van der Waals surface area contributed by atoms with Crippen LogP contribution in [0.3, 0.4) is 0 Å². The molecule has 1 aromatic carbocycles. The Morgan fingerprint density at radius 2 is 2.25 bits per heavy atom. The lowest BCUT2D eigenvalue weighted by molar-refractivity contribution is 0.181. The molecule has 1 saturated heterocycles. The molecule has 1 aromatic heterocycles. The molecule has 1 aliphatic rings. The zero-order chi connectivity index (χ0) is 14.1. The maximum Gasteiger partial charge on any atom is 0.182 e. The Hall–Kier alpha value is -1.37. The van der Waals surface area contributed by atoms with Gasteiger partial charge in [0.15, 0.2) is 5.82 Å². The molecule has 8 heteroatoms. The van der Waals surface area contributed by atoms with Crippen molar-refractivity contribution in [3.63, 3.8) is 0 Å². The molecular weight excluding hydrogens is 301 g/mol. The van der Waals surface area contributed by atoms with Crippen LogP contribution in [0.1, 0.15) is 6.42 Å². The molecule has 2 aromatic rings. The molecule has 1 atom stereocenters. The van der Waals surface area contributed by atoms with Gasteiger partial charge >= 0.3 is 0 Å². The first-order valence-corrected chi connectivity index (χ1v) is 6.99. The molecule has 3 rings (SSSR count). The van der Waals surface area contributed by atoms with Gasteiger partial charge in [-0.3, -0.25) is 0 Å². The van der Waals surface area contributed by atoms with E-state index < -0.39 is 0 Å². The summed E-state index contributed by atoms with van der Waals surface area (Å²) in [6, 6.07) is 3.44. The predicted molar refractivity (Wildman–Crippen MR) is 76.6 cm³/mol. The third kappa shape index (κ3) is 2.59. The number of anilines is 1. The summed E-state index contributed by atoms with van der Waals surface area (Å²) in [6.07, 6.45) is 1.02. The van der Waals surface area contributed by atoms with E-state index in [1.165, 1.54) is 0 Å². The molecule has 1 unspecified atom stereocenters. The minimum atomic E-state index is 0.346. The summed E-state index contributed by atoms with van der Waals surface area (Å²) in [6.45, 7) is 2.24. The van der Waals surface area contributed by atoms with Gasteiger partial charge in [-0.15, -0.1) is 5.10 Å². The standard InChI is InChI=1S/C12H13Cl2N5O/c13-9-3-8(4-10(15)11(9)14)12-16-17-18-19(12)5-7-1-2-20-6-7/h3-4,7H,1-2,5-6,15H2. The van der Waals surface area contributed by atoms with Crippen molar-refractivity contribution in [1.82, 2.24) is 20.2 Å². The third-order valence-corrected chi connectivity index (χ3v) is 4.12. The minimum Gasteiger partial charge on any atom is -0.397 e. The fraction of sp³-hybridized carbons (Fsp3) is 0.417. The average Bonchev–Trinajstić information content (AvgIpc) is 3.07. The Balaban J connectivity index is 1.92. The van der Waals surface area contributed by atoms with Crippen LogP contribution < -0.4 is 5.73 Å². The van der Waals surface area contributed by atoms with Crippen molar-refractivity contribution < 1.29 is 4.74 Å².